The summed E-state index contributed by atoms with van der Waals surface area (Å²) < 4.78 is 40.0. The van der Waals surface area contributed by atoms with Gasteiger partial charge in [-0.05, 0) is 42.0 Å². The minimum absolute atomic E-state index is 0.0225. The van der Waals surface area contributed by atoms with Gasteiger partial charge in [0.05, 0.1) is 18.6 Å². The van der Waals surface area contributed by atoms with Crippen LogP contribution >= 0.6 is 0 Å². The molecule has 1 aliphatic rings. The highest BCUT2D eigenvalue weighted by Crippen LogP contribution is 2.38. The van der Waals surface area contributed by atoms with Gasteiger partial charge in [0.25, 0.3) is 5.91 Å². The number of hydrogen-bond acceptors (Lipinski definition) is 6. The molecule has 1 unspecified atom stereocenters. The Morgan fingerprint density at radius 1 is 1.09 bits per heavy atom. The van der Waals surface area contributed by atoms with Crippen LogP contribution in [0.4, 0.5) is 0 Å². The Bertz CT molecular complexity index is 1260. The van der Waals surface area contributed by atoms with Gasteiger partial charge in [-0.15, -0.1) is 0 Å². The van der Waals surface area contributed by atoms with Crippen LogP contribution in [0.3, 0.4) is 0 Å². The van der Waals surface area contributed by atoms with Crippen molar-refractivity contribution in [3.8, 4) is 17.2 Å². The zero-order valence-electron chi connectivity index (χ0n) is 18.0. The molecule has 4 rings (SSSR count). The van der Waals surface area contributed by atoms with Crippen LogP contribution in [0.5, 0.6) is 17.2 Å². The molecule has 0 saturated heterocycles. The van der Waals surface area contributed by atoms with Gasteiger partial charge in [0.2, 0.25) is 10.0 Å². The largest absolute Gasteiger partial charge is 0.493 e. The van der Waals surface area contributed by atoms with Gasteiger partial charge in [0, 0.05) is 24.1 Å². The van der Waals surface area contributed by atoms with E-state index in [1.54, 1.807) is 31.4 Å². The lowest BCUT2D eigenvalue weighted by Gasteiger charge is -2.27. The molecule has 0 saturated carbocycles. The third-order valence-corrected chi connectivity index (χ3v) is 6.23. The summed E-state index contributed by atoms with van der Waals surface area (Å²) in [4.78, 5) is 12.7. The Balaban J connectivity index is 1.44. The van der Waals surface area contributed by atoms with E-state index in [1.165, 1.54) is 12.1 Å². The molecule has 1 amide bonds. The van der Waals surface area contributed by atoms with Crippen molar-refractivity contribution in [1.29, 1.82) is 0 Å². The van der Waals surface area contributed by atoms with Crippen LogP contribution in [-0.4, -0.2) is 28.0 Å². The maximum absolute atomic E-state index is 12.7. The van der Waals surface area contributed by atoms with E-state index in [-0.39, 0.29) is 23.5 Å². The van der Waals surface area contributed by atoms with E-state index in [9.17, 15) is 13.2 Å². The second-order valence-electron chi connectivity index (χ2n) is 7.52. The molecule has 1 atom stereocenters. The van der Waals surface area contributed by atoms with Gasteiger partial charge in [-0.1, -0.05) is 30.3 Å². The first-order valence-electron chi connectivity index (χ1n) is 10.3. The number of amides is 1. The summed E-state index contributed by atoms with van der Waals surface area (Å²) >= 11 is 0. The van der Waals surface area contributed by atoms with E-state index in [2.05, 4.69) is 5.32 Å². The van der Waals surface area contributed by atoms with Gasteiger partial charge in [-0.25, -0.2) is 13.6 Å². The summed E-state index contributed by atoms with van der Waals surface area (Å²) in [6.45, 7) is 0.704. The minimum atomic E-state index is -3.75. The molecule has 9 heteroatoms. The van der Waals surface area contributed by atoms with Crippen molar-refractivity contribution in [2.75, 3.05) is 13.7 Å². The number of sulfonamides is 1. The van der Waals surface area contributed by atoms with Gasteiger partial charge in [-0.3, -0.25) is 4.79 Å². The van der Waals surface area contributed by atoms with Crippen LogP contribution in [0.1, 0.15) is 34.0 Å². The average molecular weight is 469 g/mol. The van der Waals surface area contributed by atoms with Crippen molar-refractivity contribution in [3.05, 3.63) is 83.4 Å². The van der Waals surface area contributed by atoms with Crippen molar-refractivity contribution >= 4 is 15.9 Å². The van der Waals surface area contributed by atoms with E-state index >= 15 is 0 Å². The van der Waals surface area contributed by atoms with Crippen LogP contribution in [0.2, 0.25) is 0 Å². The minimum Gasteiger partial charge on any atom is -0.493 e. The number of hydrogen-bond donors (Lipinski definition) is 2. The fourth-order valence-electron chi connectivity index (χ4n) is 3.57. The van der Waals surface area contributed by atoms with Crippen molar-refractivity contribution in [3.63, 3.8) is 0 Å². The summed E-state index contributed by atoms with van der Waals surface area (Å²) in [5, 5.41) is 7.93. The predicted molar refractivity (Wildman–Crippen MR) is 122 cm³/mol. The smallest absolute Gasteiger partial charge is 0.251 e. The Hall–Kier alpha value is -3.56. The molecule has 0 fully saturated rings. The standard InChI is InChI=1S/C24H24N2O6S/c1-30-21-4-2-3-5-22(21)32-20-12-13-31-23-14-17(8-11-19(20)23)24(27)26-15-16-6-9-18(10-7-16)33(25,28)29/h2-11,14,20H,12-13,15H2,1H3,(H,26,27)(H2,25,28,29). The summed E-state index contributed by atoms with van der Waals surface area (Å²) in [6, 6.07) is 18.7. The fraction of sp³-hybridized carbons (Fsp3) is 0.208. The Kier molecular flexibility index (Phi) is 6.52. The number of ether oxygens (including phenoxy) is 3. The molecule has 0 bridgehead atoms. The number of carbonyl (C=O) groups is 1. The summed E-state index contributed by atoms with van der Waals surface area (Å²) in [7, 11) is -2.15. The normalized spacial score (nSPS) is 15.2. The maximum Gasteiger partial charge on any atom is 0.251 e. The molecule has 1 heterocycles. The first kappa shape index (κ1) is 22.6. The number of carbonyl (C=O) groups excluding carboxylic acids is 1. The van der Waals surface area contributed by atoms with Crippen molar-refractivity contribution in [2.45, 2.75) is 24.0 Å². The molecule has 0 radical (unpaired) electrons. The van der Waals surface area contributed by atoms with Crippen molar-refractivity contribution in [1.82, 2.24) is 5.32 Å². The quantitative estimate of drug-likeness (QED) is 0.550. The Morgan fingerprint density at radius 3 is 2.52 bits per heavy atom. The van der Waals surface area contributed by atoms with Crippen LogP contribution in [0.15, 0.2) is 71.6 Å². The lowest BCUT2D eigenvalue weighted by Crippen LogP contribution is -2.24. The summed E-state index contributed by atoms with van der Waals surface area (Å²) in [6.07, 6.45) is 0.449. The van der Waals surface area contributed by atoms with Crippen LogP contribution in [-0.2, 0) is 16.6 Å². The van der Waals surface area contributed by atoms with Crippen LogP contribution in [0, 0.1) is 0 Å². The molecule has 3 aromatic rings. The van der Waals surface area contributed by atoms with Gasteiger partial charge in [0.15, 0.2) is 11.5 Å². The molecule has 8 nitrogen and oxygen atoms in total. The Morgan fingerprint density at radius 2 is 1.82 bits per heavy atom. The predicted octanol–water partition coefficient (Wildman–Crippen LogP) is 3.18. The number of rotatable bonds is 7. The lowest BCUT2D eigenvalue weighted by molar-refractivity contribution is 0.0948. The second-order valence-corrected chi connectivity index (χ2v) is 9.08. The molecule has 3 N–H and O–H groups in total. The summed E-state index contributed by atoms with van der Waals surface area (Å²) in [5.74, 6) is 1.63. The zero-order chi connectivity index (χ0) is 23.4. The molecule has 33 heavy (non-hydrogen) atoms. The second kappa shape index (κ2) is 9.51. The monoisotopic (exact) mass is 468 g/mol. The number of primary sulfonamides is 1. The molecule has 0 spiro atoms. The highest BCUT2D eigenvalue weighted by molar-refractivity contribution is 7.89. The highest BCUT2D eigenvalue weighted by Gasteiger charge is 2.25. The first-order chi connectivity index (χ1) is 15.8. The molecule has 1 aliphatic heterocycles. The topological polar surface area (TPSA) is 117 Å². The lowest BCUT2D eigenvalue weighted by atomic mass is 10.0. The fourth-order valence-corrected chi connectivity index (χ4v) is 4.09. The third kappa shape index (κ3) is 5.27. The van der Waals surface area contributed by atoms with E-state index in [4.69, 9.17) is 19.3 Å². The number of benzene rings is 3. The average Bonchev–Trinajstić information content (AvgIpc) is 2.82. The van der Waals surface area contributed by atoms with Crippen molar-refractivity contribution < 1.29 is 27.4 Å². The van der Waals surface area contributed by atoms with E-state index in [0.29, 0.717) is 35.8 Å². The Labute approximate surface area is 192 Å². The van der Waals surface area contributed by atoms with E-state index in [1.807, 2.05) is 30.3 Å². The van der Waals surface area contributed by atoms with Gasteiger partial charge in [0.1, 0.15) is 11.9 Å². The third-order valence-electron chi connectivity index (χ3n) is 5.30. The molecular weight excluding hydrogens is 444 g/mol. The van der Waals surface area contributed by atoms with Gasteiger partial charge < -0.3 is 19.5 Å². The SMILES string of the molecule is COc1ccccc1OC1CCOc2cc(C(=O)NCc3ccc(S(N)(=O)=O)cc3)ccc21. The number of methoxy groups -OCH3 is 1. The highest BCUT2D eigenvalue weighted by atomic mass is 32.2. The zero-order valence-corrected chi connectivity index (χ0v) is 18.8. The van der Waals surface area contributed by atoms with Gasteiger partial charge in [-0.2, -0.15) is 0 Å². The van der Waals surface area contributed by atoms with E-state index < -0.39 is 10.0 Å². The van der Waals surface area contributed by atoms with Crippen LogP contribution < -0.4 is 24.7 Å². The van der Waals surface area contributed by atoms with Crippen LogP contribution in [0.25, 0.3) is 0 Å². The molecule has 3 aromatic carbocycles. The number of fused-ring (bicyclic) bond motifs is 1. The number of nitrogens with one attached hydrogen (secondary N) is 1. The summed E-state index contributed by atoms with van der Waals surface area (Å²) in [5.41, 5.74) is 2.06. The number of para-hydroxylation sites is 2. The van der Waals surface area contributed by atoms with Crippen molar-refractivity contribution in [2.24, 2.45) is 5.14 Å². The maximum atomic E-state index is 12.7. The molecular formula is C24H24N2O6S. The molecule has 0 aromatic heterocycles. The molecule has 0 aliphatic carbocycles. The van der Waals surface area contributed by atoms with Gasteiger partial charge >= 0.3 is 0 Å². The van der Waals surface area contributed by atoms with E-state index in [0.717, 1.165) is 11.1 Å². The molecule has 172 valence electrons. The number of nitrogens with two attached hydrogens (primary N) is 1. The first-order valence-corrected chi connectivity index (χ1v) is 11.9.